The summed E-state index contributed by atoms with van der Waals surface area (Å²) >= 11 is 0. The van der Waals surface area contributed by atoms with Gasteiger partial charge in [0.25, 0.3) is 0 Å². The van der Waals surface area contributed by atoms with Gasteiger partial charge in [-0.1, -0.05) is 13.8 Å². The summed E-state index contributed by atoms with van der Waals surface area (Å²) in [6, 6.07) is 0.240. The van der Waals surface area contributed by atoms with Gasteiger partial charge in [-0.3, -0.25) is 4.79 Å². The van der Waals surface area contributed by atoms with Crippen molar-refractivity contribution in [2.24, 2.45) is 5.92 Å². The van der Waals surface area contributed by atoms with Crippen molar-refractivity contribution >= 4 is 5.91 Å². The van der Waals surface area contributed by atoms with Gasteiger partial charge < -0.3 is 10.6 Å². The van der Waals surface area contributed by atoms with E-state index in [2.05, 4.69) is 24.5 Å². The molecule has 84 valence electrons. The zero-order valence-electron chi connectivity index (χ0n) is 10.3. The molecular formula is C11H24N2O. The maximum absolute atomic E-state index is 11.4. The lowest BCUT2D eigenvalue weighted by molar-refractivity contribution is -0.121. The molecule has 0 fully saturated rings. The van der Waals surface area contributed by atoms with Crippen molar-refractivity contribution in [1.82, 2.24) is 10.6 Å². The van der Waals surface area contributed by atoms with Crippen LogP contribution in [0.1, 0.15) is 41.5 Å². The summed E-state index contributed by atoms with van der Waals surface area (Å²) in [6.45, 7) is 12.8. The van der Waals surface area contributed by atoms with E-state index < -0.39 is 0 Å². The Morgan fingerprint density at radius 1 is 1.21 bits per heavy atom. The highest BCUT2D eigenvalue weighted by Crippen LogP contribution is 2.00. The fourth-order valence-corrected chi connectivity index (χ4v) is 0.817. The normalized spacial score (nSPS) is 14.2. The first-order valence-electron chi connectivity index (χ1n) is 5.27. The van der Waals surface area contributed by atoms with Crippen LogP contribution in [-0.2, 0) is 4.79 Å². The van der Waals surface area contributed by atoms with Gasteiger partial charge in [0.05, 0.1) is 6.54 Å². The van der Waals surface area contributed by atoms with E-state index in [0.717, 1.165) is 0 Å². The van der Waals surface area contributed by atoms with E-state index in [0.29, 0.717) is 12.5 Å². The zero-order chi connectivity index (χ0) is 11.4. The molecule has 0 aromatic carbocycles. The van der Waals surface area contributed by atoms with Crippen molar-refractivity contribution in [3.63, 3.8) is 0 Å². The van der Waals surface area contributed by atoms with Crippen molar-refractivity contribution in [3.05, 3.63) is 0 Å². The zero-order valence-corrected chi connectivity index (χ0v) is 10.3. The van der Waals surface area contributed by atoms with Gasteiger partial charge in [-0.05, 0) is 33.6 Å². The number of carbonyl (C=O) groups is 1. The van der Waals surface area contributed by atoms with E-state index in [1.54, 1.807) is 0 Å². The van der Waals surface area contributed by atoms with E-state index in [-0.39, 0.29) is 17.5 Å². The first kappa shape index (κ1) is 13.4. The average Bonchev–Trinajstić information content (AvgIpc) is 1.99. The Morgan fingerprint density at radius 2 is 1.71 bits per heavy atom. The molecule has 0 aromatic heterocycles. The monoisotopic (exact) mass is 200 g/mol. The van der Waals surface area contributed by atoms with Crippen LogP contribution in [0.5, 0.6) is 0 Å². The van der Waals surface area contributed by atoms with Crippen molar-refractivity contribution in [2.75, 3.05) is 6.54 Å². The number of amides is 1. The number of nitrogens with one attached hydrogen (secondary N) is 2. The SMILES string of the molecule is CC(C)C(C)NC(=O)CNC(C)(C)C. The standard InChI is InChI=1S/C11H24N2O/c1-8(2)9(3)13-10(14)7-12-11(4,5)6/h8-9,12H,7H2,1-6H3,(H,13,14). The molecule has 0 saturated carbocycles. The first-order valence-corrected chi connectivity index (χ1v) is 5.27. The summed E-state index contributed by atoms with van der Waals surface area (Å²) in [5.41, 5.74) is -0.00158. The topological polar surface area (TPSA) is 41.1 Å². The molecule has 0 bridgehead atoms. The van der Waals surface area contributed by atoms with E-state index in [9.17, 15) is 4.79 Å². The molecule has 0 heterocycles. The molecule has 0 saturated heterocycles. The van der Waals surface area contributed by atoms with Gasteiger partial charge in [0.1, 0.15) is 0 Å². The van der Waals surface area contributed by atoms with Crippen molar-refractivity contribution < 1.29 is 4.79 Å². The molecule has 1 unspecified atom stereocenters. The molecule has 0 radical (unpaired) electrons. The average molecular weight is 200 g/mol. The predicted molar refractivity (Wildman–Crippen MR) is 60.2 cm³/mol. The lowest BCUT2D eigenvalue weighted by Crippen LogP contribution is -2.46. The molecule has 1 atom stereocenters. The van der Waals surface area contributed by atoms with Crippen LogP contribution < -0.4 is 10.6 Å². The lowest BCUT2D eigenvalue weighted by Gasteiger charge is -2.22. The van der Waals surface area contributed by atoms with Crippen LogP contribution in [0.25, 0.3) is 0 Å². The van der Waals surface area contributed by atoms with Crippen LogP contribution in [0.4, 0.5) is 0 Å². The van der Waals surface area contributed by atoms with Gasteiger partial charge in [-0.25, -0.2) is 0 Å². The Kier molecular flexibility index (Phi) is 5.13. The molecular weight excluding hydrogens is 176 g/mol. The molecule has 0 rings (SSSR count). The molecule has 0 aromatic rings. The lowest BCUT2D eigenvalue weighted by atomic mass is 10.1. The maximum Gasteiger partial charge on any atom is 0.234 e. The fraction of sp³-hybridized carbons (Fsp3) is 0.909. The number of hydrogen-bond acceptors (Lipinski definition) is 2. The quantitative estimate of drug-likeness (QED) is 0.722. The minimum atomic E-state index is -0.00158. The molecule has 0 aliphatic heterocycles. The van der Waals surface area contributed by atoms with E-state index in [1.807, 2.05) is 27.7 Å². The minimum Gasteiger partial charge on any atom is -0.352 e. The van der Waals surface area contributed by atoms with Gasteiger partial charge in [0, 0.05) is 11.6 Å². The first-order chi connectivity index (χ1) is 6.22. The molecule has 0 aliphatic rings. The van der Waals surface area contributed by atoms with Crippen LogP contribution >= 0.6 is 0 Å². The summed E-state index contributed by atoms with van der Waals surface area (Å²) in [5, 5.41) is 6.10. The molecule has 0 spiro atoms. The summed E-state index contributed by atoms with van der Waals surface area (Å²) in [6.07, 6.45) is 0. The summed E-state index contributed by atoms with van der Waals surface area (Å²) < 4.78 is 0. The Balaban J connectivity index is 3.77. The largest absolute Gasteiger partial charge is 0.352 e. The van der Waals surface area contributed by atoms with Crippen LogP contribution in [0.15, 0.2) is 0 Å². The highest BCUT2D eigenvalue weighted by Gasteiger charge is 2.13. The Hall–Kier alpha value is -0.570. The minimum absolute atomic E-state index is 0.00158. The van der Waals surface area contributed by atoms with Crippen LogP contribution in [0, 0.1) is 5.92 Å². The molecule has 3 heteroatoms. The highest BCUT2D eigenvalue weighted by atomic mass is 16.1. The van der Waals surface area contributed by atoms with E-state index in [4.69, 9.17) is 0 Å². The van der Waals surface area contributed by atoms with Crippen LogP contribution in [0.2, 0.25) is 0 Å². The smallest absolute Gasteiger partial charge is 0.234 e. The number of rotatable bonds is 4. The Morgan fingerprint density at radius 3 is 2.07 bits per heavy atom. The van der Waals surface area contributed by atoms with Crippen LogP contribution in [-0.4, -0.2) is 24.0 Å². The summed E-state index contributed by atoms with van der Waals surface area (Å²) in [4.78, 5) is 11.4. The summed E-state index contributed by atoms with van der Waals surface area (Å²) in [5.74, 6) is 0.551. The molecule has 14 heavy (non-hydrogen) atoms. The number of carbonyl (C=O) groups excluding carboxylic acids is 1. The van der Waals surface area contributed by atoms with Gasteiger partial charge in [0.2, 0.25) is 5.91 Å². The second kappa shape index (κ2) is 5.35. The highest BCUT2D eigenvalue weighted by molar-refractivity contribution is 5.78. The third-order valence-electron chi connectivity index (χ3n) is 2.17. The second-order valence-corrected chi connectivity index (χ2v) is 5.20. The van der Waals surface area contributed by atoms with Crippen molar-refractivity contribution in [3.8, 4) is 0 Å². The van der Waals surface area contributed by atoms with Crippen molar-refractivity contribution in [2.45, 2.75) is 53.1 Å². The van der Waals surface area contributed by atoms with Gasteiger partial charge in [0.15, 0.2) is 0 Å². The van der Waals surface area contributed by atoms with Gasteiger partial charge in [-0.2, -0.15) is 0 Å². The number of hydrogen-bond donors (Lipinski definition) is 2. The van der Waals surface area contributed by atoms with E-state index >= 15 is 0 Å². The third-order valence-corrected chi connectivity index (χ3v) is 2.17. The van der Waals surface area contributed by atoms with E-state index in [1.165, 1.54) is 0 Å². The van der Waals surface area contributed by atoms with Gasteiger partial charge in [-0.15, -0.1) is 0 Å². The molecule has 1 amide bonds. The Bertz CT molecular complexity index is 182. The molecule has 0 aliphatic carbocycles. The fourth-order valence-electron chi connectivity index (χ4n) is 0.817. The van der Waals surface area contributed by atoms with Gasteiger partial charge >= 0.3 is 0 Å². The summed E-state index contributed by atoms with van der Waals surface area (Å²) in [7, 11) is 0. The molecule has 3 nitrogen and oxygen atoms in total. The Labute approximate surface area is 87.6 Å². The predicted octanol–water partition coefficient (Wildman–Crippen LogP) is 1.54. The third kappa shape index (κ3) is 6.89. The van der Waals surface area contributed by atoms with Crippen LogP contribution in [0.3, 0.4) is 0 Å². The maximum atomic E-state index is 11.4. The second-order valence-electron chi connectivity index (χ2n) is 5.20. The molecule has 2 N–H and O–H groups in total. The van der Waals surface area contributed by atoms with Crippen molar-refractivity contribution in [1.29, 1.82) is 0 Å².